The zero-order chi connectivity index (χ0) is 14.5. The van der Waals surface area contributed by atoms with E-state index in [9.17, 15) is 15.0 Å². The van der Waals surface area contributed by atoms with Gasteiger partial charge in [0.25, 0.3) is 0 Å². The third-order valence-electron chi connectivity index (χ3n) is 4.17. The third-order valence-corrected chi connectivity index (χ3v) is 4.17. The minimum atomic E-state index is -0.998. The first kappa shape index (κ1) is 14.5. The Balaban J connectivity index is 2.29. The van der Waals surface area contributed by atoms with Crippen LogP contribution in [-0.2, 0) is 9.53 Å². The summed E-state index contributed by atoms with van der Waals surface area (Å²) in [6.07, 6.45) is 2.47. The molecule has 108 valence electrons. The summed E-state index contributed by atoms with van der Waals surface area (Å²) in [6.45, 7) is 8.96. The molecule has 2 bridgehead atoms. The smallest absolute Gasteiger partial charge is 0.333 e. The first-order valence-corrected chi connectivity index (χ1v) is 6.89. The fourth-order valence-electron chi connectivity index (χ4n) is 4.23. The second kappa shape index (κ2) is 4.32. The molecule has 0 aromatic rings. The van der Waals surface area contributed by atoms with E-state index in [0.29, 0.717) is 37.7 Å². The maximum Gasteiger partial charge on any atom is 0.333 e. The molecule has 4 atom stereocenters. The fraction of sp³-hybridized carbons (Fsp3) is 0.800. The maximum atomic E-state index is 11.8. The zero-order valence-corrected chi connectivity index (χ0v) is 12.0. The Morgan fingerprint density at radius 1 is 1.26 bits per heavy atom. The molecule has 4 unspecified atom stereocenters. The molecule has 0 aromatic heterocycles. The van der Waals surface area contributed by atoms with Gasteiger partial charge in [0.15, 0.2) is 0 Å². The minimum Gasteiger partial charge on any atom is -0.455 e. The number of fused-ring (bicyclic) bond motifs is 2. The van der Waals surface area contributed by atoms with Crippen LogP contribution in [0.5, 0.6) is 0 Å². The molecule has 0 saturated heterocycles. The SMILES string of the molecule is C=C(C)C(=O)OC12CC(C)CC(O)(CC(C)(O)C1)C2. The van der Waals surface area contributed by atoms with E-state index in [1.807, 2.05) is 6.92 Å². The van der Waals surface area contributed by atoms with Gasteiger partial charge in [0.1, 0.15) is 5.60 Å². The summed E-state index contributed by atoms with van der Waals surface area (Å²) >= 11 is 0. The van der Waals surface area contributed by atoms with Crippen LogP contribution >= 0.6 is 0 Å². The molecule has 2 saturated carbocycles. The van der Waals surface area contributed by atoms with Crippen molar-refractivity contribution >= 4 is 5.97 Å². The molecule has 4 nitrogen and oxygen atoms in total. The number of hydrogen-bond acceptors (Lipinski definition) is 4. The molecule has 19 heavy (non-hydrogen) atoms. The summed E-state index contributed by atoms with van der Waals surface area (Å²) in [5.41, 5.74) is -2.34. The van der Waals surface area contributed by atoms with Gasteiger partial charge in [0.05, 0.1) is 11.2 Å². The lowest BCUT2D eigenvalue weighted by Gasteiger charge is -2.55. The van der Waals surface area contributed by atoms with Crippen molar-refractivity contribution in [1.29, 1.82) is 0 Å². The van der Waals surface area contributed by atoms with Crippen LogP contribution in [0.4, 0.5) is 0 Å². The predicted molar refractivity (Wildman–Crippen MR) is 71.5 cm³/mol. The lowest BCUT2D eigenvalue weighted by Crippen LogP contribution is -2.61. The van der Waals surface area contributed by atoms with Crippen molar-refractivity contribution in [2.24, 2.45) is 5.92 Å². The predicted octanol–water partition coefficient (Wildman–Crippen LogP) is 1.94. The van der Waals surface area contributed by atoms with Crippen molar-refractivity contribution in [2.45, 2.75) is 69.7 Å². The Morgan fingerprint density at radius 2 is 1.89 bits per heavy atom. The van der Waals surface area contributed by atoms with Crippen LogP contribution in [-0.4, -0.2) is 33.0 Å². The first-order valence-electron chi connectivity index (χ1n) is 6.89. The normalized spacial score (nSPS) is 45.6. The Hall–Kier alpha value is -0.870. The molecule has 0 spiro atoms. The van der Waals surface area contributed by atoms with Gasteiger partial charge in [0.2, 0.25) is 0 Å². The number of esters is 1. The van der Waals surface area contributed by atoms with Gasteiger partial charge in [-0.1, -0.05) is 13.5 Å². The number of carbonyl (C=O) groups is 1. The zero-order valence-electron chi connectivity index (χ0n) is 12.0. The van der Waals surface area contributed by atoms with Crippen LogP contribution in [0.2, 0.25) is 0 Å². The van der Waals surface area contributed by atoms with Gasteiger partial charge in [-0.15, -0.1) is 0 Å². The van der Waals surface area contributed by atoms with E-state index in [4.69, 9.17) is 4.74 Å². The van der Waals surface area contributed by atoms with E-state index in [-0.39, 0.29) is 5.92 Å². The van der Waals surface area contributed by atoms with E-state index in [1.54, 1.807) is 13.8 Å². The van der Waals surface area contributed by atoms with Crippen LogP contribution in [0.25, 0.3) is 0 Å². The fourth-order valence-corrected chi connectivity index (χ4v) is 4.23. The van der Waals surface area contributed by atoms with E-state index >= 15 is 0 Å². The minimum absolute atomic E-state index is 0.271. The second-order valence-corrected chi connectivity index (χ2v) is 7.12. The number of aliphatic hydroxyl groups is 2. The van der Waals surface area contributed by atoms with Crippen molar-refractivity contribution in [1.82, 2.24) is 0 Å². The summed E-state index contributed by atoms with van der Waals surface area (Å²) in [4.78, 5) is 11.8. The van der Waals surface area contributed by atoms with Gasteiger partial charge in [-0.2, -0.15) is 0 Å². The van der Waals surface area contributed by atoms with Gasteiger partial charge in [-0.05, 0) is 32.6 Å². The van der Waals surface area contributed by atoms with Crippen LogP contribution in [0, 0.1) is 5.92 Å². The van der Waals surface area contributed by atoms with Crippen LogP contribution < -0.4 is 0 Å². The van der Waals surface area contributed by atoms with Crippen molar-refractivity contribution in [2.75, 3.05) is 0 Å². The Morgan fingerprint density at radius 3 is 2.47 bits per heavy atom. The molecule has 2 fully saturated rings. The van der Waals surface area contributed by atoms with E-state index in [2.05, 4.69) is 6.58 Å². The quantitative estimate of drug-likeness (QED) is 0.593. The van der Waals surface area contributed by atoms with Crippen LogP contribution in [0.15, 0.2) is 12.2 Å². The van der Waals surface area contributed by atoms with E-state index in [0.717, 1.165) is 0 Å². The van der Waals surface area contributed by atoms with Gasteiger partial charge in [-0.25, -0.2) is 4.79 Å². The summed E-state index contributed by atoms with van der Waals surface area (Å²) in [7, 11) is 0. The summed E-state index contributed by atoms with van der Waals surface area (Å²) in [6, 6.07) is 0. The Bertz CT molecular complexity index is 410. The number of hydrogen-bond donors (Lipinski definition) is 2. The molecule has 2 rings (SSSR count). The first-order chi connectivity index (χ1) is 8.55. The highest BCUT2D eigenvalue weighted by Gasteiger charge is 2.57. The Kier molecular flexibility index (Phi) is 3.30. The summed E-state index contributed by atoms with van der Waals surface area (Å²) in [5.74, 6) is -0.165. The van der Waals surface area contributed by atoms with Crippen LogP contribution in [0.1, 0.15) is 52.9 Å². The van der Waals surface area contributed by atoms with Gasteiger partial charge >= 0.3 is 5.97 Å². The highest BCUT2D eigenvalue weighted by Crippen LogP contribution is 2.52. The number of carbonyl (C=O) groups excluding carboxylic acids is 1. The number of rotatable bonds is 2. The van der Waals surface area contributed by atoms with Crippen molar-refractivity contribution in [3.05, 3.63) is 12.2 Å². The summed E-state index contributed by atoms with van der Waals surface area (Å²) in [5, 5.41) is 21.0. The molecule has 4 heteroatoms. The van der Waals surface area contributed by atoms with E-state index in [1.165, 1.54) is 0 Å². The van der Waals surface area contributed by atoms with Crippen molar-refractivity contribution in [3.63, 3.8) is 0 Å². The van der Waals surface area contributed by atoms with Crippen LogP contribution in [0.3, 0.4) is 0 Å². The molecule has 2 aliphatic rings. The van der Waals surface area contributed by atoms with Crippen molar-refractivity contribution in [3.8, 4) is 0 Å². The molecule has 0 amide bonds. The average Bonchev–Trinajstić information content (AvgIpc) is 2.09. The molecule has 0 aromatic carbocycles. The monoisotopic (exact) mass is 268 g/mol. The molecule has 2 N–H and O–H groups in total. The highest BCUT2D eigenvalue weighted by atomic mass is 16.6. The van der Waals surface area contributed by atoms with Gasteiger partial charge in [0, 0.05) is 24.8 Å². The molecular weight excluding hydrogens is 244 g/mol. The number of ether oxygens (including phenoxy) is 1. The topological polar surface area (TPSA) is 66.8 Å². The lowest BCUT2D eigenvalue weighted by molar-refractivity contribution is -0.221. The Labute approximate surface area is 114 Å². The van der Waals surface area contributed by atoms with E-state index < -0.39 is 22.8 Å². The third kappa shape index (κ3) is 3.00. The van der Waals surface area contributed by atoms with Crippen molar-refractivity contribution < 1.29 is 19.7 Å². The molecule has 0 radical (unpaired) electrons. The second-order valence-electron chi connectivity index (χ2n) is 7.12. The van der Waals surface area contributed by atoms with Gasteiger partial charge < -0.3 is 14.9 Å². The summed E-state index contributed by atoms with van der Waals surface area (Å²) < 4.78 is 5.62. The molecule has 0 aliphatic heterocycles. The lowest BCUT2D eigenvalue weighted by atomic mass is 9.59. The standard InChI is InChI=1S/C15H24O4/c1-10(2)12(16)19-15-6-11(3)5-14(18,9-15)7-13(4,17)8-15/h11,17-18H,1,5-9H2,2-4H3. The largest absolute Gasteiger partial charge is 0.455 e. The maximum absolute atomic E-state index is 11.8. The molecule has 0 heterocycles. The molecular formula is C15H24O4. The average molecular weight is 268 g/mol. The van der Waals surface area contributed by atoms with Gasteiger partial charge in [-0.3, -0.25) is 0 Å². The molecule has 2 aliphatic carbocycles. The highest BCUT2D eigenvalue weighted by molar-refractivity contribution is 5.87.